The second-order valence-electron chi connectivity index (χ2n) is 7.30. The Balaban J connectivity index is 2.14. The Bertz CT molecular complexity index is 427. The first-order valence-electron chi connectivity index (χ1n) is 10.8. The Morgan fingerprint density at radius 2 is 0.926 bits per heavy atom. The minimum absolute atomic E-state index is 0.801. The van der Waals surface area contributed by atoms with Crippen LogP contribution in [0.3, 0.4) is 0 Å². The minimum atomic E-state index is 0.801. The Kier molecular flexibility index (Phi) is 16.4. The first-order valence-corrected chi connectivity index (χ1v) is 13.0. The van der Waals surface area contributed by atoms with E-state index in [-0.39, 0.29) is 0 Å². The smallest absolute Gasteiger partial charge is 0.123 e. The van der Waals surface area contributed by atoms with E-state index in [0.717, 1.165) is 48.2 Å². The summed E-state index contributed by atoms with van der Waals surface area (Å²) in [4.78, 5) is 0. The molecule has 0 aromatic heterocycles. The van der Waals surface area contributed by atoms with E-state index in [4.69, 9.17) is 9.47 Å². The van der Waals surface area contributed by atoms with Crippen molar-refractivity contribution in [2.75, 3.05) is 23.9 Å². The summed E-state index contributed by atoms with van der Waals surface area (Å²) in [5.41, 5.74) is 1.20. The average molecular weight is 506 g/mol. The molecule has 2 nitrogen and oxygen atoms in total. The third-order valence-electron chi connectivity index (χ3n) is 4.62. The Hall–Kier alpha value is -0.220. The van der Waals surface area contributed by atoms with Crippen molar-refractivity contribution in [3.05, 3.63) is 23.8 Å². The molecular weight excluding hydrogens is 468 g/mol. The summed E-state index contributed by atoms with van der Waals surface area (Å²) in [6, 6.07) is 6.25. The summed E-state index contributed by atoms with van der Waals surface area (Å²) in [7, 11) is 0. The number of hydrogen-bond acceptors (Lipinski definition) is 2. The van der Waals surface area contributed by atoms with Gasteiger partial charge in [0.1, 0.15) is 11.5 Å². The molecule has 4 heteroatoms. The number of halogens is 2. The van der Waals surface area contributed by atoms with Crippen LogP contribution in [0.4, 0.5) is 0 Å². The van der Waals surface area contributed by atoms with E-state index in [2.05, 4.69) is 50.9 Å². The lowest BCUT2D eigenvalue weighted by molar-refractivity contribution is 0.289. The second kappa shape index (κ2) is 17.8. The number of ether oxygens (including phenoxy) is 2. The molecule has 0 saturated carbocycles. The zero-order chi connectivity index (χ0) is 19.6. The molecule has 0 spiro atoms. The fraction of sp³-hybridized carbons (Fsp3) is 0.739. The third-order valence-corrected chi connectivity index (χ3v) is 5.74. The van der Waals surface area contributed by atoms with Crippen LogP contribution < -0.4 is 9.47 Å². The predicted molar refractivity (Wildman–Crippen MR) is 125 cm³/mol. The van der Waals surface area contributed by atoms with Crippen LogP contribution in [0.5, 0.6) is 11.5 Å². The van der Waals surface area contributed by atoms with Crippen molar-refractivity contribution < 1.29 is 9.47 Å². The molecule has 156 valence electrons. The molecule has 0 unspecified atom stereocenters. The highest BCUT2D eigenvalue weighted by Crippen LogP contribution is 2.23. The van der Waals surface area contributed by atoms with E-state index in [1.807, 2.05) is 6.07 Å². The van der Waals surface area contributed by atoms with Gasteiger partial charge in [0.15, 0.2) is 0 Å². The maximum absolute atomic E-state index is 5.95. The summed E-state index contributed by atoms with van der Waals surface area (Å²) in [6.45, 7) is 3.71. The van der Waals surface area contributed by atoms with Gasteiger partial charge in [0.25, 0.3) is 0 Å². The summed E-state index contributed by atoms with van der Waals surface area (Å²) in [5.74, 6) is 1.89. The van der Waals surface area contributed by atoms with Crippen LogP contribution in [0.2, 0.25) is 0 Å². The summed E-state index contributed by atoms with van der Waals surface area (Å²) >= 11 is 6.97. The number of hydrogen-bond donors (Lipinski definition) is 0. The van der Waals surface area contributed by atoms with E-state index in [1.165, 1.54) is 69.8 Å². The highest BCUT2D eigenvalue weighted by atomic mass is 79.9. The van der Waals surface area contributed by atoms with Gasteiger partial charge in [0, 0.05) is 16.7 Å². The molecule has 0 aliphatic rings. The van der Waals surface area contributed by atoms with Crippen molar-refractivity contribution in [1.82, 2.24) is 0 Å². The monoisotopic (exact) mass is 504 g/mol. The normalized spacial score (nSPS) is 10.9. The van der Waals surface area contributed by atoms with Crippen molar-refractivity contribution in [2.45, 2.75) is 84.0 Å². The molecule has 0 atom stereocenters. The SMILES string of the molecule is Cc1cc(OCCCCCCCCBr)cc(OCCCCCCCCBr)c1. The van der Waals surface area contributed by atoms with Gasteiger partial charge < -0.3 is 9.47 Å². The Morgan fingerprint density at radius 3 is 1.33 bits per heavy atom. The molecule has 27 heavy (non-hydrogen) atoms. The van der Waals surface area contributed by atoms with E-state index < -0.39 is 0 Å². The second-order valence-corrected chi connectivity index (χ2v) is 8.89. The highest BCUT2D eigenvalue weighted by molar-refractivity contribution is 9.09. The zero-order valence-corrected chi connectivity index (χ0v) is 20.3. The molecule has 0 N–H and O–H groups in total. The van der Waals surface area contributed by atoms with Crippen molar-refractivity contribution in [3.8, 4) is 11.5 Å². The largest absolute Gasteiger partial charge is 0.493 e. The van der Waals surface area contributed by atoms with Gasteiger partial charge in [-0.2, -0.15) is 0 Å². The standard InChI is InChI=1S/C23H38Br2O2/c1-21-18-22(26-16-12-8-4-2-6-10-14-24)20-23(19-21)27-17-13-9-5-3-7-11-15-25/h18-20H,2-17H2,1H3. The fourth-order valence-corrected chi connectivity index (χ4v) is 3.86. The molecule has 0 aliphatic carbocycles. The van der Waals surface area contributed by atoms with Crippen LogP contribution in [-0.2, 0) is 0 Å². The van der Waals surface area contributed by atoms with Gasteiger partial charge in [0.05, 0.1) is 13.2 Å². The summed E-state index contributed by atoms with van der Waals surface area (Å²) in [5, 5.41) is 2.26. The van der Waals surface area contributed by atoms with Gasteiger partial charge in [-0.15, -0.1) is 0 Å². The molecule has 1 aromatic carbocycles. The molecule has 0 bridgehead atoms. The number of alkyl halides is 2. The van der Waals surface area contributed by atoms with Crippen LogP contribution in [0.25, 0.3) is 0 Å². The van der Waals surface area contributed by atoms with Crippen LogP contribution in [-0.4, -0.2) is 23.9 Å². The molecule has 1 aromatic rings. The summed E-state index contributed by atoms with van der Waals surface area (Å²) < 4.78 is 11.9. The van der Waals surface area contributed by atoms with Crippen molar-refractivity contribution in [3.63, 3.8) is 0 Å². The van der Waals surface area contributed by atoms with Crippen LogP contribution in [0, 0.1) is 6.92 Å². The molecule has 0 fully saturated rings. The van der Waals surface area contributed by atoms with Gasteiger partial charge in [-0.25, -0.2) is 0 Å². The van der Waals surface area contributed by atoms with Crippen LogP contribution in [0.1, 0.15) is 82.6 Å². The predicted octanol–water partition coefficient (Wildman–Crippen LogP) is 8.22. The summed E-state index contributed by atoms with van der Waals surface area (Å²) in [6.07, 6.45) is 15.3. The number of aryl methyl sites for hydroxylation is 1. The Morgan fingerprint density at radius 1 is 0.556 bits per heavy atom. The van der Waals surface area contributed by atoms with Gasteiger partial charge in [0.2, 0.25) is 0 Å². The van der Waals surface area contributed by atoms with E-state index >= 15 is 0 Å². The lowest BCUT2D eigenvalue weighted by Gasteiger charge is -2.11. The molecule has 0 heterocycles. The quantitative estimate of drug-likeness (QED) is 0.148. The zero-order valence-electron chi connectivity index (χ0n) is 17.1. The molecule has 0 amide bonds. The maximum atomic E-state index is 5.95. The van der Waals surface area contributed by atoms with Gasteiger partial charge >= 0.3 is 0 Å². The number of rotatable bonds is 18. The molecule has 0 saturated heterocycles. The fourth-order valence-electron chi connectivity index (χ4n) is 3.07. The molecule has 0 aliphatic heterocycles. The lowest BCUT2D eigenvalue weighted by Crippen LogP contribution is -2.00. The van der Waals surface area contributed by atoms with Gasteiger partial charge in [-0.3, -0.25) is 0 Å². The first kappa shape index (κ1) is 24.8. The molecular formula is C23H38Br2O2. The third kappa shape index (κ3) is 14.4. The van der Waals surface area contributed by atoms with Crippen molar-refractivity contribution >= 4 is 31.9 Å². The molecule has 1 rings (SSSR count). The van der Waals surface area contributed by atoms with Gasteiger partial charge in [-0.05, 0) is 50.3 Å². The average Bonchev–Trinajstić information content (AvgIpc) is 2.65. The minimum Gasteiger partial charge on any atom is -0.493 e. The highest BCUT2D eigenvalue weighted by Gasteiger charge is 2.02. The molecule has 0 radical (unpaired) electrons. The Labute approximate surface area is 184 Å². The van der Waals surface area contributed by atoms with Gasteiger partial charge in [-0.1, -0.05) is 83.2 Å². The number of benzene rings is 1. The van der Waals surface area contributed by atoms with Crippen LogP contribution in [0.15, 0.2) is 18.2 Å². The van der Waals surface area contributed by atoms with Crippen LogP contribution >= 0.6 is 31.9 Å². The first-order chi connectivity index (χ1) is 13.3. The number of unbranched alkanes of at least 4 members (excludes halogenated alkanes) is 10. The maximum Gasteiger partial charge on any atom is 0.123 e. The topological polar surface area (TPSA) is 18.5 Å². The van der Waals surface area contributed by atoms with E-state index in [1.54, 1.807) is 0 Å². The van der Waals surface area contributed by atoms with Crippen molar-refractivity contribution in [1.29, 1.82) is 0 Å². The lowest BCUT2D eigenvalue weighted by atomic mass is 10.1. The van der Waals surface area contributed by atoms with E-state index in [0.29, 0.717) is 0 Å². The van der Waals surface area contributed by atoms with Crippen molar-refractivity contribution in [2.24, 2.45) is 0 Å². The van der Waals surface area contributed by atoms with E-state index in [9.17, 15) is 0 Å².